The number of carbonyl (C=O) groups excluding carboxylic acids is 1. The summed E-state index contributed by atoms with van der Waals surface area (Å²) >= 11 is 6.14. The molecule has 6 heteroatoms. The van der Waals surface area contributed by atoms with Crippen LogP contribution in [0.4, 0.5) is 11.4 Å². The van der Waals surface area contributed by atoms with Crippen molar-refractivity contribution in [2.75, 3.05) is 42.9 Å². The van der Waals surface area contributed by atoms with Gasteiger partial charge in [0.2, 0.25) is 0 Å². The van der Waals surface area contributed by atoms with Gasteiger partial charge in [-0.15, -0.1) is 0 Å². The van der Waals surface area contributed by atoms with Crippen molar-refractivity contribution in [2.45, 2.75) is 6.92 Å². The van der Waals surface area contributed by atoms with Gasteiger partial charge in [-0.05, 0) is 36.9 Å². The molecule has 1 aliphatic rings. The number of amides is 1. The molecule has 1 aromatic carbocycles. The summed E-state index contributed by atoms with van der Waals surface area (Å²) in [7, 11) is 0. The second kappa shape index (κ2) is 7.64. The summed E-state index contributed by atoms with van der Waals surface area (Å²) < 4.78 is 0. The lowest BCUT2D eigenvalue weighted by Gasteiger charge is -2.36. The van der Waals surface area contributed by atoms with Crippen LogP contribution in [0, 0.1) is 0 Å². The normalized spacial score (nSPS) is 15.3. The van der Waals surface area contributed by atoms with Gasteiger partial charge in [0.05, 0.1) is 11.4 Å². The molecule has 1 N–H and O–H groups in total. The van der Waals surface area contributed by atoms with E-state index in [0.29, 0.717) is 10.6 Å². The fraction of sp³-hybridized carbons (Fsp3) is 0.333. The Morgan fingerprint density at radius 1 is 1.17 bits per heavy atom. The highest BCUT2D eigenvalue weighted by molar-refractivity contribution is 6.31. The maximum atomic E-state index is 12.5. The van der Waals surface area contributed by atoms with Gasteiger partial charge in [-0.25, -0.2) is 0 Å². The molecule has 0 spiro atoms. The minimum atomic E-state index is -0.159. The number of hydrogen-bond donors (Lipinski definition) is 1. The third-order valence-electron chi connectivity index (χ3n) is 4.31. The van der Waals surface area contributed by atoms with E-state index < -0.39 is 0 Å². The molecule has 0 radical (unpaired) electrons. The quantitative estimate of drug-likeness (QED) is 0.925. The van der Waals surface area contributed by atoms with Crippen molar-refractivity contribution < 1.29 is 4.79 Å². The van der Waals surface area contributed by atoms with E-state index in [2.05, 4.69) is 27.0 Å². The van der Waals surface area contributed by atoms with E-state index in [1.807, 2.05) is 18.2 Å². The van der Waals surface area contributed by atoms with Gasteiger partial charge in [-0.2, -0.15) is 0 Å². The average molecular weight is 345 g/mol. The lowest BCUT2D eigenvalue weighted by atomic mass is 10.2. The predicted octanol–water partition coefficient (Wildman–Crippen LogP) is 3.13. The first-order chi connectivity index (χ1) is 11.7. The molecule has 3 rings (SSSR count). The lowest BCUT2D eigenvalue weighted by Crippen LogP contribution is -2.46. The number of nitrogens with one attached hydrogen (secondary N) is 1. The fourth-order valence-corrected chi connectivity index (χ4v) is 3.06. The highest BCUT2D eigenvalue weighted by Gasteiger charge is 2.19. The molecule has 0 unspecified atom stereocenters. The Balaban J connectivity index is 1.80. The highest BCUT2D eigenvalue weighted by atomic mass is 35.5. The van der Waals surface area contributed by atoms with Crippen LogP contribution in [-0.4, -0.2) is 48.5 Å². The second-order valence-corrected chi connectivity index (χ2v) is 6.21. The number of hydrogen-bond acceptors (Lipinski definition) is 4. The van der Waals surface area contributed by atoms with Gasteiger partial charge >= 0.3 is 0 Å². The maximum Gasteiger partial charge on any atom is 0.255 e. The first-order valence-corrected chi connectivity index (χ1v) is 8.53. The molecule has 2 heterocycles. The molecule has 5 nitrogen and oxygen atoms in total. The number of piperazine rings is 1. The zero-order chi connectivity index (χ0) is 16.9. The molecule has 0 bridgehead atoms. The number of rotatable bonds is 4. The predicted molar refractivity (Wildman–Crippen MR) is 98.0 cm³/mol. The van der Waals surface area contributed by atoms with Crippen molar-refractivity contribution in [3.05, 3.63) is 53.3 Å². The van der Waals surface area contributed by atoms with E-state index in [-0.39, 0.29) is 5.91 Å². The Hall–Kier alpha value is -2.11. The number of carbonyl (C=O) groups is 1. The fourth-order valence-electron chi connectivity index (χ4n) is 2.89. The summed E-state index contributed by atoms with van der Waals surface area (Å²) in [4.78, 5) is 21.1. The van der Waals surface area contributed by atoms with Crippen LogP contribution in [0.25, 0.3) is 0 Å². The van der Waals surface area contributed by atoms with Crippen LogP contribution in [0.1, 0.15) is 17.3 Å². The number of nitrogens with zero attached hydrogens (tertiary/aromatic N) is 3. The molecular weight excluding hydrogens is 324 g/mol. The van der Waals surface area contributed by atoms with Crippen LogP contribution in [-0.2, 0) is 0 Å². The molecule has 126 valence electrons. The van der Waals surface area contributed by atoms with Crippen LogP contribution in [0.2, 0.25) is 5.02 Å². The largest absolute Gasteiger partial charge is 0.367 e. The number of halogens is 1. The number of likely N-dealkylation sites (N-methyl/N-ethyl adjacent to an activating group) is 1. The van der Waals surface area contributed by atoms with Gasteiger partial charge in [0.25, 0.3) is 5.91 Å². The summed E-state index contributed by atoms with van der Waals surface area (Å²) in [5.41, 5.74) is 2.33. The van der Waals surface area contributed by atoms with Crippen LogP contribution in [0.3, 0.4) is 0 Å². The van der Waals surface area contributed by atoms with Crippen LogP contribution in [0.15, 0.2) is 42.7 Å². The highest BCUT2D eigenvalue weighted by Crippen LogP contribution is 2.30. The molecule has 1 aliphatic heterocycles. The molecule has 0 atom stereocenters. The topological polar surface area (TPSA) is 48.5 Å². The van der Waals surface area contributed by atoms with Crippen molar-refractivity contribution in [2.24, 2.45) is 0 Å². The Morgan fingerprint density at radius 2 is 1.88 bits per heavy atom. The number of pyridine rings is 1. The first-order valence-electron chi connectivity index (χ1n) is 8.15. The number of anilines is 2. The van der Waals surface area contributed by atoms with E-state index in [4.69, 9.17) is 11.6 Å². The molecule has 1 amide bonds. The first kappa shape index (κ1) is 16.7. The monoisotopic (exact) mass is 344 g/mol. The Bertz CT molecular complexity index is 699. The van der Waals surface area contributed by atoms with Crippen molar-refractivity contribution >= 4 is 28.9 Å². The van der Waals surface area contributed by atoms with Crippen LogP contribution in [0.5, 0.6) is 0 Å². The lowest BCUT2D eigenvalue weighted by molar-refractivity contribution is 0.102. The van der Waals surface area contributed by atoms with Gasteiger partial charge in [-0.3, -0.25) is 9.78 Å². The smallest absolute Gasteiger partial charge is 0.255 e. The minimum Gasteiger partial charge on any atom is -0.367 e. The second-order valence-electron chi connectivity index (χ2n) is 5.77. The van der Waals surface area contributed by atoms with Gasteiger partial charge in [0.1, 0.15) is 0 Å². The standard InChI is InChI=1S/C18H21ClN4O/c1-2-22-9-11-23(12-10-22)17-4-3-15(19)13-16(17)21-18(24)14-5-7-20-8-6-14/h3-8,13H,2,9-12H2,1H3,(H,21,24). The third-order valence-corrected chi connectivity index (χ3v) is 4.54. The van der Waals surface area contributed by atoms with Crippen molar-refractivity contribution in [1.82, 2.24) is 9.88 Å². The molecule has 0 saturated carbocycles. The molecule has 1 saturated heterocycles. The number of aromatic nitrogens is 1. The molecule has 0 aliphatic carbocycles. The van der Waals surface area contributed by atoms with Gasteiger partial charge in [-0.1, -0.05) is 18.5 Å². The average Bonchev–Trinajstić information content (AvgIpc) is 2.63. The van der Waals surface area contributed by atoms with E-state index in [1.165, 1.54) is 0 Å². The van der Waals surface area contributed by atoms with Gasteiger partial charge < -0.3 is 15.1 Å². The molecule has 1 fully saturated rings. The summed E-state index contributed by atoms with van der Waals surface area (Å²) in [5.74, 6) is -0.159. The summed E-state index contributed by atoms with van der Waals surface area (Å²) in [6.45, 7) is 7.17. The summed E-state index contributed by atoms with van der Waals surface area (Å²) in [6.07, 6.45) is 3.22. The molecular formula is C18H21ClN4O. The summed E-state index contributed by atoms with van der Waals surface area (Å²) in [5, 5.41) is 3.59. The molecule has 2 aromatic rings. The third kappa shape index (κ3) is 3.86. The van der Waals surface area contributed by atoms with Crippen molar-refractivity contribution in [1.29, 1.82) is 0 Å². The zero-order valence-electron chi connectivity index (χ0n) is 13.7. The Morgan fingerprint density at radius 3 is 2.54 bits per heavy atom. The molecule has 1 aromatic heterocycles. The molecule has 24 heavy (non-hydrogen) atoms. The van der Waals surface area contributed by atoms with E-state index in [9.17, 15) is 4.79 Å². The van der Waals surface area contributed by atoms with E-state index in [0.717, 1.165) is 44.1 Å². The SMILES string of the molecule is CCN1CCN(c2ccc(Cl)cc2NC(=O)c2ccncc2)CC1. The Kier molecular flexibility index (Phi) is 5.33. The maximum absolute atomic E-state index is 12.5. The van der Waals surface area contributed by atoms with Crippen molar-refractivity contribution in [3.8, 4) is 0 Å². The van der Waals surface area contributed by atoms with Gasteiger partial charge in [0, 0.05) is 49.2 Å². The van der Waals surface area contributed by atoms with Gasteiger partial charge in [0.15, 0.2) is 0 Å². The van der Waals surface area contributed by atoms with Crippen molar-refractivity contribution in [3.63, 3.8) is 0 Å². The van der Waals surface area contributed by atoms with E-state index in [1.54, 1.807) is 24.5 Å². The van der Waals surface area contributed by atoms with E-state index >= 15 is 0 Å². The Labute approximate surface area is 147 Å². The number of benzene rings is 1. The zero-order valence-corrected chi connectivity index (χ0v) is 14.5. The van der Waals surface area contributed by atoms with Crippen LogP contribution < -0.4 is 10.2 Å². The van der Waals surface area contributed by atoms with Crippen LogP contribution >= 0.6 is 11.6 Å². The minimum absolute atomic E-state index is 0.159. The summed E-state index contributed by atoms with van der Waals surface area (Å²) in [6, 6.07) is 9.04.